The number of alkyl halides is 2. The summed E-state index contributed by atoms with van der Waals surface area (Å²) in [6, 6.07) is 5.79. The molecule has 186 valence electrons. The molecule has 1 aliphatic rings. The van der Waals surface area contributed by atoms with E-state index in [-0.39, 0.29) is 6.04 Å². The van der Waals surface area contributed by atoms with Gasteiger partial charge in [-0.1, -0.05) is 13.0 Å². The number of methoxy groups -OCH3 is 1. The fraction of sp³-hybridized carbons (Fsp3) is 0.480. The number of aliphatic hydroxyl groups is 1. The van der Waals surface area contributed by atoms with Gasteiger partial charge in [0.2, 0.25) is 11.8 Å². The highest BCUT2D eigenvalue weighted by atomic mass is 19.3. The van der Waals surface area contributed by atoms with Crippen LogP contribution in [0.3, 0.4) is 0 Å². The van der Waals surface area contributed by atoms with Crippen LogP contribution in [0.5, 0.6) is 5.88 Å². The molecule has 3 heterocycles. The molecule has 3 N–H and O–H groups in total. The number of fused-ring (bicyclic) bond motifs is 2. The van der Waals surface area contributed by atoms with Crippen molar-refractivity contribution in [1.82, 2.24) is 24.5 Å². The monoisotopic (exact) mass is 484 g/mol. The lowest BCUT2D eigenvalue weighted by atomic mass is 9.80. The lowest BCUT2D eigenvalue weighted by Gasteiger charge is -2.35. The number of benzene rings is 1. The second-order valence-electron chi connectivity index (χ2n) is 9.34. The Hall–Kier alpha value is -3.27. The number of H-pyrrole nitrogens is 1. The van der Waals surface area contributed by atoms with Gasteiger partial charge in [0.1, 0.15) is 11.5 Å². The molecule has 0 atom stereocenters. The van der Waals surface area contributed by atoms with Crippen LogP contribution in [0.1, 0.15) is 44.9 Å². The molecule has 3 aromatic heterocycles. The summed E-state index contributed by atoms with van der Waals surface area (Å²) in [5.41, 5.74) is 3.01. The zero-order valence-corrected chi connectivity index (χ0v) is 20.1. The number of nitrogens with zero attached hydrogens (tertiary/aromatic N) is 4. The Kier molecular flexibility index (Phi) is 6.08. The van der Waals surface area contributed by atoms with E-state index in [2.05, 4.69) is 25.3 Å². The lowest BCUT2D eigenvalue weighted by molar-refractivity contribution is -0.00198. The molecule has 0 bridgehead atoms. The third-order valence-corrected chi connectivity index (χ3v) is 7.17. The highest BCUT2D eigenvalue weighted by Gasteiger charge is 2.32. The van der Waals surface area contributed by atoms with Crippen molar-refractivity contribution in [2.24, 2.45) is 0 Å². The van der Waals surface area contributed by atoms with Gasteiger partial charge in [-0.05, 0) is 56.7 Å². The van der Waals surface area contributed by atoms with Crippen molar-refractivity contribution < 1.29 is 18.6 Å². The number of ether oxygens (including phenoxy) is 1. The molecule has 5 rings (SSSR count). The molecule has 0 spiro atoms. The van der Waals surface area contributed by atoms with Crippen molar-refractivity contribution in [2.75, 3.05) is 12.4 Å². The summed E-state index contributed by atoms with van der Waals surface area (Å²) in [5, 5.41) is 14.6. The Morgan fingerprint density at radius 2 is 2.03 bits per heavy atom. The first kappa shape index (κ1) is 23.5. The normalized spacial score (nSPS) is 20.7. The third kappa shape index (κ3) is 4.42. The van der Waals surface area contributed by atoms with Crippen LogP contribution in [0, 0.1) is 6.92 Å². The largest absolute Gasteiger partial charge is 0.480 e. The van der Waals surface area contributed by atoms with Crippen LogP contribution < -0.4 is 10.1 Å². The maximum Gasteiger partial charge on any atom is 0.256 e. The number of rotatable bonds is 7. The lowest BCUT2D eigenvalue weighted by Crippen LogP contribution is -2.38. The minimum atomic E-state index is -2.47. The molecule has 1 saturated carbocycles. The fourth-order valence-corrected chi connectivity index (χ4v) is 5.05. The van der Waals surface area contributed by atoms with Crippen LogP contribution >= 0.6 is 0 Å². The van der Waals surface area contributed by atoms with E-state index in [1.165, 1.54) is 4.57 Å². The van der Waals surface area contributed by atoms with Crippen LogP contribution in [0.4, 0.5) is 14.7 Å². The van der Waals surface area contributed by atoms with E-state index in [1.54, 1.807) is 14.0 Å². The Labute approximate surface area is 201 Å². The number of imidazole rings is 1. The number of aromatic amines is 1. The van der Waals surface area contributed by atoms with E-state index in [0.717, 1.165) is 48.6 Å². The molecule has 0 saturated heterocycles. The molecule has 1 aromatic carbocycles. The maximum atomic E-state index is 13.1. The molecule has 10 heteroatoms. The molecule has 1 fully saturated rings. The molecule has 0 unspecified atom stereocenters. The van der Waals surface area contributed by atoms with E-state index in [4.69, 9.17) is 4.74 Å². The zero-order chi connectivity index (χ0) is 24.7. The van der Waals surface area contributed by atoms with Crippen LogP contribution in [0.2, 0.25) is 0 Å². The van der Waals surface area contributed by atoms with Crippen molar-refractivity contribution in [3.05, 3.63) is 30.2 Å². The van der Waals surface area contributed by atoms with E-state index < -0.39 is 18.6 Å². The molecule has 0 radical (unpaired) electrons. The second-order valence-corrected chi connectivity index (χ2v) is 9.34. The standard InChI is InChI=1S/C25H30F2N6O2/c1-4-25(34)9-7-16(8-10-25)30-24-31-22-21(23(32-24)35-3)17(12-28-22)15-5-6-18-19(11-15)33(13-20(26)27)14(2)29-18/h5-6,11-12,16,20,34H,4,7-10,13H2,1-3H3,(H2,28,30,31,32). The topological polar surface area (TPSA) is 101 Å². The molecule has 35 heavy (non-hydrogen) atoms. The summed E-state index contributed by atoms with van der Waals surface area (Å²) < 4.78 is 33.5. The fourth-order valence-electron chi connectivity index (χ4n) is 5.05. The Bertz CT molecular complexity index is 1360. The number of halogens is 2. The average molecular weight is 485 g/mol. The summed E-state index contributed by atoms with van der Waals surface area (Å²) in [6.45, 7) is 3.34. The molecule has 1 aliphatic carbocycles. The summed E-state index contributed by atoms with van der Waals surface area (Å²) in [4.78, 5) is 16.9. The minimum absolute atomic E-state index is 0.180. The third-order valence-electron chi connectivity index (χ3n) is 7.17. The van der Waals surface area contributed by atoms with Crippen LogP contribution in [-0.4, -0.2) is 54.8 Å². The number of anilines is 1. The molecular weight excluding hydrogens is 454 g/mol. The predicted molar refractivity (Wildman–Crippen MR) is 131 cm³/mol. The van der Waals surface area contributed by atoms with E-state index in [9.17, 15) is 13.9 Å². The minimum Gasteiger partial charge on any atom is -0.480 e. The first-order chi connectivity index (χ1) is 16.8. The van der Waals surface area contributed by atoms with Crippen LogP contribution in [0.15, 0.2) is 24.4 Å². The van der Waals surface area contributed by atoms with Gasteiger partial charge in [-0.3, -0.25) is 0 Å². The average Bonchev–Trinajstić information content (AvgIpc) is 3.40. The van der Waals surface area contributed by atoms with Crippen molar-refractivity contribution >= 4 is 28.0 Å². The Balaban J connectivity index is 1.48. The molecule has 4 aromatic rings. The molecule has 0 amide bonds. The summed E-state index contributed by atoms with van der Waals surface area (Å²) in [7, 11) is 1.56. The zero-order valence-electron chi connectivity index (χ0n) is 20.1. The van der Waals surface area contributed by atoms with Gasteiger partial charge in [0.05, 0.1) is 35.7 Å². The van der Waals surface area contributed by atoms with Crippen molar-refractivity contribution in [3.63, 3.8) is 0 Å². The van der Waals surface area contributed by atoms with Gasteiger partial charge in [0.25, 0.3) is 6.43 Å². The van der Waals surface area contributed by atoms with Gasteiger partial charge in [0, 0.05) is 17.8 Å². The van der Waals surface area contributed by atoms with Crippen molar-refractivity contribution in [2.45, 2.75) is 70.6 Å². The number of aromatic nitrogens is 5. The van der Waals surface area contributed by atoms with Gasteiger partial charge in [0.15, 0.2) is 0 Å². The quantitative estimate of drug-likeness (QED) is 0.339. The number of nitrogens with one attached hydrogen (secondary N) is 2. The number of aryl methyl sites for hydroxylation is 1. The molecule has 8 nitrogen and oxygen atoms in total. The summed E-state index contributed by atoms with van der Waals surface area (Å²) in [6.07, 6.45) is 3.30. The SMILES string of the molecule is CCC1(O)CCC(Nc2nc(OC)c3c(-c4ccc5nc(C)n(CC(F)F)c5c4)c[nH]c3n2)CC1. The first-order valence-corrected chi connectivity index (χ1v) is 12.0. The van der Waals surface area contributed by atoms with Gasteiger partial charge >= 0.3 is 0 Å². The van der Waals surface area contributed by atoms with Crippen LogP contribution in [-0.2, 0) is 6.54 Å². The van der Waals surface area contributed by atoms with E-state index >= 15 is 0 Å². The number of hydrogen-bond donors (Lipinski definition) is 3. The van der Waals surface area contributed by atoms with Crippen LogP contribution in [0.25, 0.3) is 33.2 Å². The highest BCUT2D eigenvalue weighted by molar-refractivity contribution is 5.99. The summed E-state index contributed by atoms with van der Waals surface area (Å²) in [5.74, 6) is 1.44. The maximum absolute atomic E-state index is 13.1. The number of hydrogen-bond acceptors (Lipinski definition) is 6. The summed E-state index contributed by atoms with van der Waals surface area (Å²) >= 11 is 0. The molecule has 0 aliphatic heterocycles. The van der Waals surface area contributed by atoms with Gasteiger partial charge < -0.3 is 24.7 Å². The highest BCUT2D eigenvalue weighted by Crippen LogP contribution is 2.37. The smallest absolute Gasteiger partial charge is 0.256 e. The molecular formula is C25H30F2N6O2. The van der Waals surface area contributed by atoms with E-state index in [0.29, 0.717) is 34.3 Å². The Morgan fingerprint density at radius 1 is 1.26 bits per heavy atom. The Morgan fingerprint density at radius 3 is 2.71 bits per heavy atom. The first-order valence-electron chi connectivity index (χ1n) is 12.0. The second kappa shape index (κ2) is 9.07. The van der Waals surface area contributed by atoms with Crippen molar-refractivity contribution in [3.8, 4) is 17.0 Å². The van der Waals surface area contributed by atoms with E-state index in [1.807, 2.05) is 31.3 Å². The van der Waals surface area contributed by atoms with Gasteiger partial charge in [-0.25, -0.2) is 13.8 Å². The van der Waals surface area contributed by atoms with Crippen molar-refractivity contribution in [1.29, 1.82) is 0 Å². The predicted octanol–water partition coefficient (Wildman–Crippen LogP) is 5.05. The van der Waals surface area contributed by atoms with Gasteiger partial charge in [-0.2, -0.15) is 9.97 Å². The van der Waals surface area contributed by atoms with Gasteiger partial charge in [-0.15, -0.1) is 0 Å².